The Hall–Kier alpha value is -1.03. The van der Waals surface area contributed by atoms with Crippen molar-refractivity contribution < 1.29 is 0 Å². The Morgan fingerprint density at radius 1 is 1.28 bits per heavy atom. The van der Waals surface area contributed by atoms with Gasteiger partial charge in [-0.15, -0.1) is 0 Å². The monoisotopic (exact) mass is 272 g/mol. The maximum atomic E-state index is 12.3. The molecule has 102 valence electrons. The van der Waals surface area contributed by atoms with Crippen molar-refractivity contribution in [1.82, 2.24) is 9.55 Å². The predicted molar refractivity (Wildman–Crippen MR) is 74.5 cm³/mol. The fourth-order valence-corrected chi connectivity index (χ4v) is 2.47. The van der Waals surface area contributed by atoms with Crippen molar-refractivity contribution in [2.24, 2.45) is 5.92 Å². The zero-order valence-electron chi connectivity index (χ0n) is 11.4. The van der Waals surface area contributed by atoms with Crippen molar-refractivity contribution in [1.29, 1.82) is 0 Å². The molecule has 0 aliphatic heterocycles. The number of nitrogens with one attached hydrogen (secondary N) is 1. The van der Waals surface area contributed by atoms with Crippen LogP contribution in [-0.4, -0.2) is 9.55 Å². The van der Waals surface area contributed by atoms with Gasteiger partial charge in [0, 0.05) is 6.04 Å². The van der Waals surface area contributed by atoms with Crippen LogP contribution in [-0.2, 0) is 6.42 Å². The molecular formula is C13H21ClN2O2. The molecule has 4 nitrogen and oxygen atoms in total. The minimum Gasteiger partial charge on any atom is -0.297 e. The highest BCUT2D eigenvalue weighted by atomic mass is 35.5. The third kappa shape index (κ3) is 3.25. The highest BCUT2D eigenvalue weighted by Crippen LogP contribution is 2.15. The number of aromatic amines is 1. The van der Waals surface area contributed by atoms with E-state index in [0.717, 1.165) is 12.8 Å². The molecule has 0 aromatic carbocycles. The van der Waals surface area contributed by atoms with Gasteiger partial charge in [0.2, 0.25) is 0 Å². The van der Waals surface area contributed by atoms with Gasteiger partial charge < -0.3 is 0 Å². The maximum Gasteiger partial charge on any atom is 0.329 e. The van der Waals surface area contributed by atoms with Crippen molar-refractivity contribution in [3.05, 3.63) is 31.6 Å². The summed E-state index contributed by atoms with van der Waals surface area (Å²) in [6.45, 7) is 8.00. The molecule has 0 aliphatic carbocycles. The van der Waals surface area contributed by atoms with E-state index in [1.54, 1.807) is 0 Å². The second kappa shape index (κ2) is 6.23. The van der Waals surface area contributed by atoms with Crippen LogP contribution in [0.15, 0.2) is 9.59 Å². The summed E-state index contributed by atoms with van der Waals surface area (Å²) in [6.07, 6.45) is 2.19. The zero-order chi connectivity index (χ0) is 13.9. The summed E-state index contributed by atoms with van der Waals surface area (Å²) in [5, 5.41) is 0.180. The summed E-state index contributed by atoms with van der Waals surface area (Å²) in [6, 6.07) is -0.117. The Kier molecular flexibility index (Phi) is 5.20. The molecule has 0 amide bonds. The van der Waals surface area contributed by atoms with E-state index in [4.69, 9.17) is 11.6 Å². The summed E-state index contributed by atoms with van der Waals surface area (Å²) in [5.74, 6) is 0.427. The number of nitrogens with zero attached hydrogens (tertiary/aromatic N) is 1. The van der Waals surface area contributed by atoms with E-state index < -0.39 is 5.69 Å². The molecule has 0 fully saturated rings. The molecule has 1 rings (SSSR count). The van der Waals surface area contributed by atoms with Crippen molar-refractivity contribution >= 4 is 11.6 Å². The van der Waals surface area contributed by atoms with Crippen LogP contribution in [0, 0.1) is 5.92 Å². The van der Waals surface area contributed by atoms with E-state index >= 15 is 0 Å². The second-order valence-electron chi connectivity index (χ2n) is 5.13. The van der Waals surface area contributed by atoms with Crippen LogP contribution in [0.3, 0.4) is 0 Å². The predicted octanol–water partition coefficient (Wildman–Crippen LogP) is 2.75. The van der Waals surface area contributed by atoms with E-state index in [1.165, 1.54) is 4.57 Å². The SMILES string of the molecule is CCCc1c(Cl)[nH]c(=O)n(C(C)CC(C)C)c1=O. The van der Waals surface area contributed by atoms with E-state index in [-0.39, 0.29) is 16.8 Å². The standard InChI is InChI=1S/C13H21ClN2O2/c1-5-6-10-11(14)15-13(18)16(12(10)17)9(4)7-8(2)3/h8-9H,5-7H2,1-4H3,(H,15,18). The number of H-pyrrole nitrogens is 1. The van der Waals surface area contributed by atoms with E-state index in [0.29, 0.717) is 17.9 Å². The van der Waals surface area contributed by atoms with Crippen LogP contribution in [0.4, 0.5) is 0 Å². The second-order valence-corrected chi connectivity index (χ2v) is 5.50. The lowest BCUT2D eigenvalue weighted by Crippen LogP contribution is -2.39. The van der Waals surface area contributed by atoms with Gasteiger partial charge in [-0.25, -0.2) is 4.79 Å². The van der Waals surface area contributed by atoms with Gasteiger partial charge in [-0.1, -0.05) is 38.8 Å². The largest absolute Gasteiger partial charge is 0.329 e. The van der Waals surface area contributed by atoms with Gasteiger partial charge in [-0.2, -0.15) is 0 Å². The lowest BCUT2D eigenvalue weighted by molar-refractivity contribution is 0.404. The van der Waals surface area contributed by atoms with Crippen molar-refractivity contribution in [3.63, 3.8) is 0 Å². The Balaban J connectivity index is 3.31. The zero-order valence-corrected chi connectivity index (χ0v) is 12.2. The van der Waals surface area contributed by atoms with Gasteiger partial charge in [0.05, 0.1) is 5.56 Å². The smallest absolute Gasteiger partial charge is 0.297 e. The third-order valence-electron chi connectivity index (χ3n) is 2.93. The lowest BCUT2D eigenvalue weighted by atomic mass is 10.0. The molecule has 1 aromatic rings. The first-order valence-electron chi connectivity index (χ1n) is 6.41. The molecule has 0 saturated carbocycles. The summed E-state index contributed by atoms with van der Waals surface area (Å²) in [4.78, 5) is 26.7. The van der Waals surface area contributed by atoms with E-state index in [1.807, 2.05) is 13.8 Å². The fraction of sp³-hybridized carbons (Fsp3) is 0.692. The number of aromatic nitrogens is 2. The summed E-state index contributed by atoms with van der Waals surface area (Å²) < 4.78 is 1.29. The van der Waals surface area contributed by atoms with Crippen molar-refractivity contribution in [3.8, 4) is 0 Å². The maximum absolute atomic E-state index is 12.3. The molecule has 1 unspecified atom stereocenters. The highest BCUT2D eigenvalue weighted by molar-refractivity contribution is 6.30. The van der Waals surface area contributed by atoms with Crippen LogP contribution in [0.25, 0.3) is 0 Å². The minimum atomic E-state index is -0.419. The molecular weight excluding hydrogens is 252 g/mol. The van der Waals surface area contributed by atoms with Crippen LogP contribution in [0.1, 0.15) is 52.1 Å². The highest BCUT2D eigenvalue weighted by Gasteiger charge is 2.17. The molecule has 0 radical (unpaired) electrons. The number of halogens is 1. The number of hydrogen-bond donors (Lipinski definition) is 1. The summed E-state index contributed by atoms with van der Waals surface area (Å²) in [7, 11) is 0. The Bertz CT molecular complexity index is 517. The average molecular weight is 273 g/mol. The first-order valence-corrected chi connectivity index (χ1v) is 6.79. The van der Waals surface area contributed by atoms with E-state index in [2.05, 4.69) is 18.8 Å². The lowest BCUT2D eigenvalue weighted by Gasteiger charge is -2.17. The van der Waals surface area contributed by atoms with Crippen LogP contribution < -0.4 is 11.2 Å². The van der Waals surface area contributed by atoms with Crippen molar-refractivity contribution in [2.75, 3.05) is 0 Å². The van der Waals surface area contributed by atoms with Gasteiger partial charge >= 0.3 is 5.69 Å². The average Bonchev–Trinajstić information content (AvgIpc) is 2.22. The molecule has 1 aromatic heterocycles. The summed E-state index contributed by atoms with van der Waals surface area (Å²) in [5.41, 5.74) is -0.161. The quantitative estimate of drug-likeness (QED) is 0.838. The molecule has 0 aliphatic rings. The topological polar surface area (TPSA) is 54.9 Å². The number of rotatable bonds is 5. The Morgan fingerprint density at radius 2 is 1.89 bits per heavy atom. The van der Waals surface area contributed by atoms with Gasteiger partial charge in [0.25, 0.3) is 5.56 Å². The van der Waals surface area contributed by atoms with Gasteiger partial charge in [-0.05, 0) is 25.7 Å². The minimum absolute atomic E-state index is 0.117. The fourth-order valence-electron chi connectivity index (χ4n) is 2.22. The molecule has 0 saturated heterocycles. The number of hydrogen-bond acceptors (Lipinski definition) is 2. The Labute approximate surface area is 112 Å². The molecule has 1 N–H and O–H groups in total. The Morgan fingerprint density at radius 3 is 2.39 bits per heavy atom. The van der Waals surface area contributed by atoms with Crippen LogP contribution in [0.2, 0.25) is 5.15 Å². The molecule has 0 spiro atoms. The normalized spacial score (nSPS) is 13.0. The molecule has 5 heteroatoms. The third-order valence-corrected chi connectivity index (χ3v) is 3.25. The van der Waals surface area contributed by atoms with Gasteiger partial charge in [0.1, 0.15) is 5.15 Å². The van der Waals surface area contributed by atoms with Gasteiger partial charge in [0.15, 0.2) is 0 Å². The molecule has 18 heavy (non-hydrogen) atoms. The molecule has 1 atom stereocenters. The first-order chi connectivity index (χ1) is 8.38. The molecule has 0 bridgehead atoms. The van der Waals surface area contributed by atoms with Gasteiger partial charge in [-0.3, -0.25) is 14.3 Å². The van der Waals surface area contributed by atoms with Crippen LogP contribution >= 0.6 is 11.6 Å². The van der Waals surface area contributed by atoms with Crippen LogP contribution in [0.5, 0.6) is 0 Å². The first kappa shape index (κ1) is 15.0. The summed E-state index contributed by atoms with van der Waals surface area (Å²) >= 11 is 5.93. The van der Waals surface area contributed by atoms with E-state index in [9.17, 15) is 9.59 Å². The van der Waals surface area contributed by atoms with Crippen molar-refractivity contribution in [2.45, 2.75) is 53.0 Å². The molecule has 1 heterocycles.